The Labute approximate surface area is 264 Å². The number of nitrogens with zero attached hydrogens (tertiary/aromatic N) is 2. The highest BCUT2D eigenvalue weighted by Gasteiger charge is 2.78. The van der Waals surface area contributed by atoms with Gasteiger partial charge < -0.3 is 24.1 Å². The topological polar surface area (TPSA) is 117 Å². The van der Waals surface area contributed by atoms with Crippen LogP contribution in [-0.2, 0) is 14.3 Å². The normalized spacial score (nSPS) is 40.2. The molecule has 1 aliphatic heterocycles. The van der Waals surface area contributed by atoms with Crippen molar-refractivity contribution in [3.63, 3.8) is 0 Å². The fraction of sp³-hybridized carbons (Fsp3) is 0.625. The van der Waals surface area contributed by atoms with Crippen molar-refractivity contribution >= 4 is 34.7 Å². The predicted octanol–water partition coefficient (Wildman–Crippen LogP) is 4.91. The van der Waals surface area contributed by atoms with Gasteiger partial charge in [-0.3, -0.25) is 9.59 Å². The third-order valence-electron chi connectivity index (χ3n) is 11.1. The predicted molar refractivity (Wildman–Crippen MR) is 159 cm³/mol. The smallest absolute Gasteiger partial charge is 0.375 e. The standard InChI is InChI=1S/C27H29F3O6S.C5H10N2O/c1-14-9-16-17-11-19(29)18-10-15(31)6-7-24(18,2)26(17,30)21(32)12-25(16,3)27(14,23(34)37-13-28)36-22(33)20-5-4-8-35-20;1-6-3-4-7(2)5(6)8/h4-8,10,14,16-17,19,21,32H,9,11-13H2,1-3H3;3-4H2,1-2H3/t14-,16+,17+,19+,21+,24+,25+,26+,27+;/m1./s1. The molecule has 1 saturated heterocycles. The molecule has 0 bridgehead atoms. The van der Waals surface area contributed by atoms with Gasteiger partial charge in [0.15, 0.2) is 17.1 Å². The maximum atomic E-state index is 17.4. The minimum atomic E-state index is -2.35. The molecule has 5 aliphatic rings. The van der Waals surface area contributed by atoms with Crippen LogP contribution in [0, 0.1) is 28.6 Å². The number of furan rings is 1. The van der Waals surface area contributed by atoms with Gasteiger partial charge in [-0.25, -0.2) is 22.8 Å². The number of urea groups is 1. The lowest BCUT2D eigenvalue weighted by molar-refractivity contribution is -0.221. The first-order valence-electron chi connectivity index (χ1n) is 15.0. The molecular weight excluding hydrogens is 613 g/mol. The van der Waals surface area contributed by atoms with Gasteiger partial charge in [-0.15, -0.1) is 0 Å². The van der Waals surface area contributed by atoms with E-state index < -0.39 is 75.0 Å². The largest absolute Gasteiger partial charge is 0.457 e. The summed E-state index contributed by atoms with van der Waals surface area (Å²) in [5, 5.41) is 10.7. The summed E-state index contributed by atoms with van der Waals surface area (Å²) in [5.41, 5.74) is -7.19. The van der Waals surface area contributed by atoms with Crippen molar-refractivity contribution in [3.05, 3.63) is 48.0 Å². The number of hydrogen-bond donors (Lipinski definition) is 1. The molecule has 45 heavy (non-hydrogen) atoms. The summed E-state index contributed by atoms with van der Waals surface area (Å²) in [7, 11) is 3.62. The summed E-state index contributed by atoms with van der Waals surface area (Å²) in [5.74, 6) is -3.98. The van der Waals surface area contributed by atoms with Crippen LogP contribution in [0.25, 0.3) is 0 Å². The molecule has 246 valence electrons. The number of alkyl halides is 3. The number of carbonyl (C=O) groups excluding carboxylic acids is 4. The number of amides is 2. The Bertz CT molecular complexity index is 1430. The number of fused-ring (bicyclic) bond motifs is 5. The number of halogens is 3. The second kappa shape index (κ2) is 11.6. The van der Waals surface area contributed by atoms with Gasteiger partial charge in [0.1, 0.15) is 12.2 Å². The van der Waals surface area contributed by atoms with Crippen LogP contribution in [0.1, 0.15) is 50.6 Å². The van der Waals surface area contributed by atoms with E-state index in [-0.39, 0.29) is 36.6 Å². The van der Waals surface area contributed by atoms with E-state index in [0.29, 0.717) is 11.8 Å². The fourth-order valence-electron chi connectivity index (χ4n) is 8.75. The molecule has 1 N–H and O–H groups in total. The first-order chi connectivity index (χ1) is 21.1. The van der Waals surface area contributed by atoms with Crippen molar-refractivity contribution in [2.75, 3.05) is 33.2 Å². The number of thioether (sulfide) groups is 1. The highest BCUT2D eigenvalue weighted by atomic mass is 32.2. The number of ether oxygens (including phenoxy) is 1. The highest BCUT2D eigenvalue weighted by molar-refractivity contribution is 8.13. The molecule has 0 aromatic carbocycles. The van der Waals surface area contributed by atoms with Gasteiger partial charge in [0.2, 0.25) is 10.9 Å². The van der Waals surface area contributed by atoms with Crippen LogP contribution in [-0.4, -0.2) is 94.5 Å². The van der Waals surface area contributed by atoms with Crippen molar-refractivity contribution in [1.29, 1.82) is 0 Å². The molecule has 4 fully saturated rings. The molecule has 0 spiro atoms. The lowest BCUT2D eigenvalue weighted by Gasteiger charge is -2.63. The van der Waals surface area contributed by atoms with Crippen LogP contribution in [0.15, 0.2) is 46.6 Å². The van der Waals surface area contributed by atoms with E-state index >= 15 is 8.78 Å². The van der Waals surface area contributed by atoms with Crippen molar-refractivity contribution in [2.24, 2.45) is 28.6 Å². The molecule has 13 heteroatoms. The van der Waals surface area contributed by atoms with Gasteiger partial charge in [-0.2, -0.15) is 0 Å². The maximum Gasteiger partial charge on any atom is 0.375 e. The second-order valence-electron chi connectivity index (χ2n) is 13.3. The van der Waals surface area contributed by atoms with Crippen LogP contribution in [0.3, 0.4) is 0 Å². The van der Waals surface area contributed by atoms with E-state index in [4.69, 9.17) is 9.15 Å². The summed E-state index contributed by atoms with van der Waals surface area (Å²) in [6.45, 7) is 6.53. The molecule has 2 amide bonds. The summed E-state index contributed by atoms with van der Waals surface area (Å²) >= 11 is 0.352. The first-order valence-corrected chi connectivity index (χ1v) is 16.0. The van der Waals surface area contributed by atoms with Crippen LogP contribution in [0.2, 0.25) is 0 Å². The molecule has 9 atom stereocenters. The Hall–Kier alpha value is -3.06. The number of likely N-dealkylation sites (N-methyl/N-ethyl adjacent to an activating group) is 2. The van der Waals surface area contributed by atoms with E-state index in [9.17, 15) is 28.7 Å². The lowest BCUT2D eigenvalue weighted by atomic mass is 9.44. The molecule has 9 nitrogen and oxygen atoms in total. The monoisotopic (exact) mass is 652 g/mol. The summed E-state index contributed by atoms with van der Waals surface area (Å²) in [6, 6.07) is 1.90. The van der Waals surface area contributed by atoms with Crippen molar-refractivity contribution in [3.8, 4) is 0 Å². The van der Waals surface area contributed by atoms with E-state index in [1.165, 1.54) is 37.5 Å². The number of carbonyl (C=O) groups is 4. The number of aliphatic hydroxyl groups excluding tert-OH is 1. The fourth-order valence-corrected chi connectivity index (χ4v) is 9.54. The van der Waals surface area contributed by atoms with E-state index in [2.05, 4.69) is 0 Å². The van der Waals surface area contributed by atoms with Crippen LogP contribution in [0.4, 0.5) is 18.0 Å². The van der Waals surface area contributed by atoms with Gasteiger partial charge in [0.25, 0.3) is 0 Å². The number of rotatable bonds is 4. The number of esters is 1. The van der Waals surface area contributed by atoms with E-state index in [0.717, 1.165) is 19.2 Å². The zero-order valence-corrected chi connectivity index (χ0v) is 26.7. The molecule has 6 rings (SSSR count). The third-order valence-corrected chi connectivity index (χ3v) is 11.7. The van der Waals surface area contributed by atoms with Crippen LogP contribution >= 0.6 is 11.8 Å². The van der Waals surface area contributed by atoms with Crippen molar-refractivity contribution in [2.45, 2.75) is 63.6 Å². The van der Waals surface area contributed by atoms with Gasteiger partial charge in [-0.05, 0) is 73.7 Å². The second-order valence-corrected chi connectivity index (χ2v) is 14.1. The summed E-state index contributed by atoms with van der Waals surface area (Å²) < 4.78 is 57.5. The minimum Gasteiger partial charge on any atom is -0.457 e. The van der Waals surface area contributed by atoms with E-state index in [1.807, 2.05) is 14.1 Å². The van der Waals surface area contributed by atoms with Gasteiger partial charge in [-0.1, -0.05) is 19.9 Å². The van der Waals surface area contributed by atoms with Crippen LogP contribution in [0.5, 0.6) is 0 Å². The number of ketones is 1. The van der Waals surface area contributed by atoms with Crippen molar-refractivity contribution in [1.82, 2.24) is 9.80 Å². The molecule has 2 heterocycles. The zero-order chi connectivity index (χ0) is 33.1. The zero-order valence-electron chi connectivity index (χ0n) is 25.9. The third kappa shape index (κ3) is 4.78. The van der Waals surface area contributed by atoms with Gasteiger partial charge >= 0.3 is 12.0 Å². The Balaban J connectivity index is 0.000000436. The molecule has 1 aromatic rings. The first kappa shape index (κ1) is 33.3. The van der Waals surface area contributed by atoms with E-state index in [1.54, 1.807) is 23.6 Å². The molecule has 1 aromatic heterocycles. The summed E-state index contributed by atoms with van der Waals surface area (Å²) in [6.07, 6.45) is 1.16. The Kier molecular flexibility index (Phi) is 8.61. The van der Waals surface area contributed by atoms with Crippen LogP contribution < -0.4 is 0 Å². The van der Waals surface area contributed by atoms with Gasteiger partial charge in [0, 0.05) is 49.9 Å². The van der Waals surface area contributed by atoms with Crippen molar-refractivity contribution < 1.29 is 46.6 Å². The molecule has 0 radical (unpaired) electrons. The molecule has 4 aliphatic carbocycles. The minimum absolute atomic E-state index is 0.00739. The Morgan fingerprint density at radius 1 is 1.16 bits per heavy atom. The number of aliphatic hydroxyl groups is 1. The van der Waals surface area contributed by atoms with Gasteiger partial charge in [0.05, 0.1) is 12.4 Å². The Morgan fingerprint density at radius 2 is 1.82 bits per heavy atom. The Morgan fingerprint density at radius 3 is 2.38 bits per heavy atom. The average molecular weight is 653 g/mol. The highest BCUT2D eigenvalue weighted by Crippen LogP contribution is 2.72. The maximum absolute atomic E-state index is 17.4. The molecule has 0 unspecified atom stereocenters. The summed E-state index contributed by atoms with van der Waals surface area (Å²) in [4.78, 5) is 52.8. The lowest BCUT2D eigenvalue weighted by Crippen LogP contribution is -2.70. The average Bonchev–Trinajstić information content (AvgIpc) is 3.68. The number of allylic oxidation sites excluding steroid dienone is 4. The number of hydrogen-bond acceptors (Lipinski definition) is 8. The SMILES string of the molecule is CN1CCN(C)C1=O.C[C@@H]1C[C@H]2[C@@H]3C[C@H](F)C4=CC(=O)C=C[C@]4(C)[C@@]3(F)[C@@H](O)C[C@]2(C)[C@@]1(OC(=O)c1ccco1)C(=O)SCF. The molecule has 3 saturated carbocycles. The molecular formula is C32H39F3N2O7S. The quantitative estimate of drug-likeness (QED) is 0.457.